The number of hydrogen-bond acceptors (Lipinski definition) is 6. The SMILES string of the molecule is COc1cc(/C=C(/C#N)C(=O)Nc2ccc(O)cc2)cc(Cl)c1OCc1cccc(C(=O)O)c1. The molecule has 0 unspecified atom stereocenters. The molecule has 3 aromatic carbocycles. The lowest BCUT2D eigenvalue weighted by Gasteiger charge is -2.14. The minimum absolute atomic E-state index is 0.0465. The van der Waals surface area contributed by atoms with Gasteiger partial charge in [-0.25, -0.2) is 4.79 Å². The molecule has 0 fully saturated rings. The fraction of sp³-hybridized carbons (Fsp3) is 0.0800. The highest BCUT2D eigenvalue weighted by Gasteiger charge is 2.15. The van der Waals surface area contributed by atoms with Gasteiger partial charge in [0.1, 0.15) is 24.0 Å². The van der Waals surface area contributed by atoms with Gasteiger partial charge in [-0.05, 0) is 65.7 Å². The third-order valence-electron chi connectivity index (χ3n) is 4.61. The lowest BCUT2D eigenvalue weighted by atomic mass is 10.1. The highest BCUT2D eigenvalue weighted by molar-refractivity contribution is 6.32. The van der Waals surface area contributed by atoms with E-state index in [0.717, 1.165) is 0 Å². The Morgan fingerprint density at radius 3 is 2.53 bits per heavy atom. The van der Waals surface area contributed by atoms with Gasteiger partial charge in [-0.3, -0.25) is 4.79 Å². The average molecular weight is 479 g/mol. The summed E-state index contributed by atoms with van der Waals surface area (Å²) in [4.78, 5) is 23.6. The number of phenols is 1. The first kappa shape index (κ1) is 24.2. The Hall–Kier alpha value is -4.48. The molecule has 0 aliphatic heterocycles. The zero-order valence-electron chi connectivity index (χ0n) is 17.9. The molecule has 172 valence electrons. The number of nitriles is 1. The predicted molar refractivity (Wildman–Crippen MR) is 126 cm³/mol. The number of carboxylic acid groups (broad SMARTS) is 1. The first-order chi connectivity index (χ1) is 16.3. The van der Waals surface area contributed by atoms with Gasteiger partial charge in [0.2, 0.25) is 0 Å². The second kappa shape index (κ2) is 10.9. The molecule has 0 saturated carbocycles. The summed E-state index contributed by atoms with van der Waals surface area (Å²) in [6.07, 6.45) is 1.35. The van der Waals surface area contributed by atoms with Crippen molar-refractivity contribution >= 4 is 35.2 Å². The first-order valence-corrected chi connectivity index (χ1v) is 10.2. The minimum Gasteiger partial charge on any atom is -0.508 e. The standard InChI is InChI=1S/C25H19ClN2O6/c1-33-22-12-16(10-18(13-27)24(30)28-19-5-7-20(29)8-6-19)11-21(26)23(22)34-14-15-3-2-4-17(9-15)25(31)32/h2-12,29H,14H2,1H3,(H,28,30)(H,31,32)/b18-10-. The molecular weight excluding hydrogens is 460 g/mol. The van der Waals surface area contributed by atoms with Crippen molar-refractivity contribution in [1.29, 1.82) is 5.26 Å². The molecule has 0 radical (unpaired) electrons. The molecule has 0 saturated heterocycles. The van der Waals surface area contributed by atoms with Crippen LogP contribution in [-0.4, -0.2) is 29.2 Å². The van der Waals surface area contributed by atoms with Crippen molar-refractivity contribution in [3.8, 4) is 23.3 Å². The average Bonchev–Trinajstić information content (AvgIpc) is 2.83. The lowest BCUT2D eigenvalue weighted by Crippen LogP contribution is -2.13. The molecule has 0 aromatic heterocycles. The molecular formula is C25H19ClN2O6. The topological polar surface area (TPSA) is 129 Å². The zero-order valence-corrected chi connectivity index (χ0v) is 18.7. The number of hydrogen-bond donors (Lipinski definition) is 3. The Balaban J connectivity index is 1.81. The van der Waals surface area contributed by atoms with Crippen LogP contribution in [0.25, 0.3) is 6.08 Å². The second-order valence-electron chi connectivity index (χ2n) is 7.00. The number of ether oxygens (including phenoxy) is 2. The molecule has 3 N–H and O–H groups in total. The summed E-state index contributed by atoms with van der Waals surface area (Å²) >= 11 is 6.38. The predicted octanol–water partition coefficient (Wildman–Crippen LogP) is 4.88. The number of amides is 1. The van der Waals surface area contributed by atoms with Crippen LogP contribution < -0.4 is 14.8 Å². The van der Waals surface area contributed by atoms with Crippen molar-refractivity contribution in [2.75, 3.05) is 12.4 Å². The van der Waals surface area contributed by atoms with Gasteiger partial charge in [0.15, 0.2) is 11.5 Å². The summed E-state index contributed by atoms with van der Waals surface area (Å²) < 4.78 is 11.1. The lowest BCUT2D eigenvalue weighted by molar-refractivity contribution is -0.112. The number of carbonyl (C=O) groups is 2. The largest absolute Gasteiger partial charge is 0.508 e. The molecule has 0 heterocycles. The van der Waals surface area contributed by atoms with Crippen molar-refractivity contribution < 1.29 is 29.3 Å². The quantitative estimate of drug-likeness (QED) is 0.239. The van der Waals surface area contributed by atoms with Gasteiger partial charge >= 0.3 is 5.97 Å². The van der Waals surface area contributed by atoms with Crippen LogP contribution in [0.3, 0.4) is 0 Å². The van der Waals surface area contributed by atoms with E-state index < -0.39 is 11.9 Å². The van der Waals surface area contributed by atoms with Gasteiger partial charge in [0.05, 0.1) is 17.7 Å². The van der Waals surface area contributed by atoms with Crippen molar-refractivity contribution in [3.63, 3.8) is 0 Å². The number of methoxy groups -OCH3 is 1. The summed E-state index contributed by atoms with van der Waals surface area (Å²) in [7, 11) is 1.42. The van der Waals surface area contributed by atoms with Crippen molar-refractivity contribution in [2.24, 2.45) is 0 Å². The number of anilines is 1. The number of aromatic hydroxyl groups is 1. The maximum atomic E-state index is 12.5. The number of phenolic OH excluding ortho intramolecular Hbond substituents is 1. The van der Waals surface area contributed by atoms with E-state index in [1.165, 1.54) is 55.7 Å². The Morgan fingerprint density at radius 1 is 1.15 bits per heavy atom. The van der Waals surface area contributed by atoms with Crippen molar-refractivity contribution in [1.82, 2.24) is 0 Å². The Labute approximate surface area is 200 Å². The number of nitrogens with one attached hydrogen (secondary N) is 1. The molecule has 3 aromatic rings. The van der Waals surface area contributed by atoms with Gasteiger partial charge in [-0.2, -0.15) is 5.26 Å². The third-order valence-corrected chi connectivity index (χ3v) is 4.89. The van der Waals surface area contributed by atoms with Crippen LogP contribution in [0.1, 0.15) is 21.5 Å². The number of nitrogens with zero attached hydrogens (tertiary/aromatic N) is 1. The van der Waals surface area contributed by atoms with Crippen molar-refractivity contribution in [3.05, 3.63) is 87.9 Å². The van der Waals surface area contributed by atoms with E-state index in [-0.39, 0.29) is 40.0 Å². The van der Waals surface area contributed by atoms with Crippen LogP contribution in [0.5, 0.6) is 17.2 Å². The van der Waals surface area contributed by atoms with Gasteiger partial charge in [-0.15, -0.1) is 0 Å². The molecule has 1 amide bonds. The van der Waals surface area contributed by atoms with E-state index in [1.807, 2.05) is 6.07 Å². The summed E-state index contributed by atoms with van der Waals surface area (Å²) in [6, 6.07) is 17.0. The van der Waals surface area contributed by atoms with Crippen LogP contribution in [0.15, 0.2) is 66.2 Å². The monoisotopic (exact) mass is 478 g/mol. The molecule has 0 spiro atoms. The highest BCUT2D eigenvalue weighted by Crippen LogP contribution is 2.37. The second-order valence-corrected chi connectivity index (χ2v) is 7.41. The highest BCUT2D eigenvalue weighted by atomic mass is 35.5. The maximum Gasteiger partial charge on any atom is 0.335 e. The molecule has 34 heavy (non-hydrogen) atoms. The zero-order chi connectivity index (χ0) is 24.7. The normalized spacial score (nSPS) is 10.8. The molecule has 3 rings (SSSR count). The molecule has 9 heteroatoms. The Bertz CT molecular complexity index is 1300. The Morgan fingerprint density at radius 2 is 1.88 bits per heavy atom. The Kier molecular flexibility index (Phi) is 7.75. The van der Waals surface area contributed by atoms with Crippen LogP contribution in [-0.2, 0) is 11.4 Å². The number of halogens is 1. The minimum atomic E-state index is -1.05. The van der Waals surface area contributed by atoms with Crippen LogP contribution in [0, 0.1) is 11.3 Å². The maximum absolute atomic E-state index is 12.5. The summed E-state index contributed by atoms with van der Waals surface area (Å²) in [5.74, 6) is -1.13. The molecule has 0 aliphatic carbocycles. The molecule has 0 bridgehead atoms. The summed E-state index contributed by atoms with van der Waals surface area (Å²) in [6.45, 7) is 0.0465. The van der Waals surface area contributed by atoms with Gasteiger partial charge in [0, 0.05) is 5.69 Å². The first-order valence-electron chi connectivity index (χ1n) is 9.85. The fourth-order valence-corrected chi connectivity index (χ4v) is 3.24. The number of carbonyl (C=O) groups excluding carboxylic acids is 1. The number of benzene rings is 3. The summed E-state index contributed by atoms with van der Waals surface area (Å²) in [5.41, 5.74) is 1.43. The smallest absolute Gasteiger partial charge is 0.335 e. The molecule has 8 nitrogen and oxygen atoms in total. The van der Waals surface area contributed by atoms with E-state index in [4.69, 9.17) is 26.2 Å². The van der Waals surface area contributed by atoms with Gasteiger partial charge in [-0.1, -0.05) is 23.7 Å². The van der Waals surface area contributed by atoms with E-state index in [9.17, 15) is 20.0 Å². The summed E-state index contributed by atoms with van der Waals surface area (Å²) in [5, 5.41) is 30.7. The van der Waals surface area contributed by atoms with Gasteiger partial charge in [0.25, 0.3) is 5.91 Å². The van der Waals surface area contributed by atoms with E-state index >= 15 is 0 Å². The van der Waals surface area contributed by atoms with E-state index in [0.29, 0.717) is 16.8 Å². The number of carboxylic acids is 1. The molecule has 0 aliphatic rings. The number of rotatable bonds is 8. The van der Waals surface area contributed by atoms with Gasteiger partial charge < -0.3 is 25.0 Å². The van der Waals surface area contributed by atoms with Crippen LogP contribution in [0.2, 0.25) is 5.02 Å². The molecule has 0 atom stereocenters. The number of aromatic carboxylic acids is 1. The van der Waals surface area contributed by atoms with Crippen LogP contribution in [0.4, 0.5) is 5.69 Å². The fourth-order valence-electron chi connectivity index (χ4n) is 2.97. The third kappa shape index (κ3) is 6.06. The van der Waals surface area contributed by atoms with E-state index in [2.05, 4.69) is 5.32 Å². The van der Waals surface area contributed by atoms with Crippen LogP contribution >= 0.6 is 11.6 Å². The van der Waals surface area contributed by atoms with E-state index in [1.54, 1.807) is 18.2 Å². The van der Waals surface area contributed by atoms with Crippen molar-refractivity contribution in [2.45, 2.75) is 6.61 Å².